The van der Waals surface area contributed by atoms with E-state index in [2.05, 4.69) is 25.3 Å². The number of aromatic nitrogens is 3. The van der Waals surface area contributed by atoms with Crippen LogP contribution in [0.25, 0.3) is 0 Å². The van der Waals surface area contributed by atoms with Crippen molar-refractivity contribution < 1.29 is 17.9 Å². The molecule has 134 valence electrons. The average molecular weight is 354 g/mol. The summed E-state index contributed by atoms with van der Waals surface area (Å²) in [6.45, 7) is -0.995. The summed E-state index contributed by atoms with van der Waals surface area (Å²) in [5.74, 6) is -0.199. The fourth-order valence-corrected chi connectivity index (χ4v) is 1.79. The van der Waals surface area contributed by atoms with Crippen LogP contribution in [0.3, 0.4) is 0 Å². The van der Waals surface area contributed by atoms with Crippen LogP contribution in [0.2, 0.25) is 0 Å². The van der Waals surface area contributed by atoms with E-state index in [9.17, 15) is 13.2 Å². The Labute approximate surface area is 142 Å². The Morgan fingerprint density at radius 1 is 1.20 bits per heavy atom. The van der Waals surface area contributed by atoms with Crippen LogP contribution in [0.4, 0.5) is 19.0 Å². The van der Waals surface area contributed by atoms with Crippen LogP contribution in [-0.4, -0.2) is 40.2 Å². The zero-order valence-electron chi connectivity index (χ0n) is 13.2. The molecule has 0 unspecified atom stereocenters. The molecule has 0 bridgehead atoms. The molecule has 2 rings (SSSR count). The Bertz CT molecular complexity index is 693. The smallest absolute Gasteiger partial charge is 0.408 e. The standard InChI is InChI=1S/C15H17F3N6O/c16-15(17,18)10-22-13(19)23-12-6-8-21-14(24-12)25-9-3-5-11-4-1-2-7-20-11/h1-2,4,6-8H,3,5,9-10H2,(H3,19,21,22,23,24). The van der Waals surface area contributed by atoms with Crippen molar-refractivity contribution >= 4 is 11.8 Å². The zero-order chi connectivity index (χ0) is 18.1. The molecule has 0 spiro atoms. The van der Waals surface area contributed by atoms with Gasteiger partial charge in [-0.3, -0.25) is 4.98 Å². The minimum absolute atomic E-state index is 0.0923. The molecule has 2 heterocycles. The van der Waals surface area contributed by atoms with Gasteiger partial charge in [0.25, 0.3) is 0 Å². The summed E-state index contributed by atoms with van der Waals surface area (Å²) in [6, 6.07) is 7.21. The lowest BCUT2D eigenvalue weighted by molar-refractivity contribution is -0.118. The lowest BCUT2D eigenvalue weighted by Gasteiger charge is -2.08. The molecule has 0 aliphatic heterocycles. The summed E-state index contributed by atoms with van der Waals surface area (Å²) >= 11 is 0. The Morgan fingerprint density at radius 2 is 2.04 bits per heavy atom. The van der Waals surface area contributed by atoms with Crippen LogP contribution < -0.4 is 15.8 Å². The van der Waals surface area contributed by atoms with Crippen LogP contribution in [0, 0.1) is 0 Å². The highest BCUT2D eigenvalue weighted by molar-refractivity contribution is 5.91. The first-order valence-electron chi connectivity index (χ1n) is 7.42. The van der Waals surface area contributed by atoms with Gasteiger partial charge in [-0.05, 0) is 31.0 Å². The number of anilines is 1. The molecule has 0 radical (unpaired) electrons. The second-order valence-corrected chi connectivity index (χ2v) is 4.94. The predicted molar refractivity (Wildman–Crippen MR) is 86.3 cm³/mol. The van der Waals surface area contributed by atoms with E-state index in [0.717, 1.165) is 12.1 Å². The van der Waals surface area contributed by atoms with Gasteiger partial charge in [0.2, 0.25) is 0 Å². The van der Waals surface area contributed by atoms with E-state index in [0.29, 0.717) is 13.0 Å². The zero-order valence-corrected chi connectivity index (χ0v) is 13.2. The SMILES string of the molecule is NC(=NCC(F)(F)F)Nc1ccnc(OCCCc2ccccn2)n1. The van der Waals surface area contributed by atoms with E-state index >= 15 is 0 Å². The van der Waals surface area contributed by atoms with Crippen LogP contribution in [0.1, 0.15) is 12.1 Å². The molecular formula is C15H17F3N6O. The van der Waals surface area contributed by atoms with Gasteiger partial charge >= 0.3 is 12.2 Å². The number of nitrogens with one attached hydrogen (secondary N) is 1. The number of nitrogens with zero attached hydrogens (tertiary/aromatic N) is 4. The molecule has 0 fully saturated rings. The summed E-state index contributed by atoms with van der Waals surface area (Å²) in [5, 5.41) is 2.46. The molecule has 0 amide bonds. The van der Waals surface area contributed by atoms with E-state index in [1.165, 1.54) is 12.3 Å². The van der Waals surface area contributed by atoms with Crippen molar-refractivity contribution in [3.05, 3.63) is 42.4 Å². The maximum atomic E-state index is 12.1. The fourth-order valence-electron chi connectivity index (χ4n) is 1.79. The van der Waals surface area contributed by atoms with E-state index in [1.807, 2.05) is 18.2 Å². The highest BCUT2D eigenvalue weighted by Crippen LogP contribution is 2.14. The number of halogens is 3. The van der Waals surface area contributed by atoms with Gasteiger partial charge < -0.3 is 15.8 Å². The van der Waals surface area contributed by atoms with Crippen molar-refractivity contribution in [1.29, 1.82) is 0 Å². The second-order valence-electron chi connectivity index (χ2n) is 4.94. The molecule has 0 aliphatic rings. The van der Waals surface area contributed by atoms with Gasteiger partial charge in [0, 0.05) is 18.1 Å². The molecule has 0 aliphatic carbocycles. The molecule has 3 N–H and O–H groups in total. The monoisotopic (exact) mass is 354 g/mol. The molecule has 7 nitrogen and oxygen atoms in total. The lowest BCUT2D eigenvalue weighted by atomic mass is 10.2. The first-order valence-corrected chi connectivity index (χ1v) is 7.42. The quantitative estimate of drug-likeness (QED) is 0.449. The normalized spacial score (nSPS) is 12.0. The number of aliphatic imine (C=N–C) groups is 1. The Hall–Kier alpha value is -2.91. The van der Waals surface area contributed by atoms with E-state index in [-0.39, 0.29) is 11.8 Å². The molecule has 0 saturated carbocycles. The molecule has 10 heteroatoms. The Morgan fingerprint density at radius 3 is 2.76 bits per heavy atom. The van der Waals surface area contributed by atoms with Crippen molar-refractivity contribution in [2.75, 3.05) is 18.5 Å². The average Bonchev–Trinajstić information content (AvgIpc) is 2.58. The molecule has 0 atom stereocenters. The van der Waals surface area contributed by atoms with Crippen LogP contribution >= 0.6 is 0 Å². The topological polar surface area (TPSA) is 98.3 Å². The second kappa shape index (κ2) is 8.81. The summed E-state index contributed by atoms with van der Waals surface area (Å²) in [6.07, 6.45) is 0.169. The van der Waals surface area contributed by atoms with Gasteiger partial charge in [-0.15, -0.1) is 0 Å². The number of hydrogen-bond acceptors (Lipinski definition) is 5. The summed E-state index contributed by atoms with van der Waals surface area (Å²) in [4.78, 5) is 15.3. The van der Waals surface area contributed by atoms with Gasteiger partial charge in [-0.2, -0.15) is 18.2 Å². The largest absolute Gasteiger partial charge is 0.463 e. The van der Waals surface area contributed by atoms with Crippen molar-refractivity contribution in [3.63, 3.8) is 0 Å². The number of rotatable bonds is 7. The highest BCUT2D eigenvalue weighted by Gasteiger charge is 2.26. The maximum Gasteiger partial charge on any atom is 0.408 e. The Balaban J connectivity index is 1.80. The number of aryl methyl sites for hydroxylation is 1. The number of guanidine groups is 1. The number of nitrogens with two attached hydrogens (primary N) is 1. The third-order valence-corrected chi connectivity index (χ3v) is 2.85. The molecule has 2 aromatic heterocycles. The van der Waals surface area contributed by atoms with Crippen molar-refractivity contribution in [1.82, 2.24) is 15.0 Å². The van der Waals surface area contributed by atoms with Crippen molar-refractivity contribution in [2.24, 2.45) is 10.7 Å². The van der Waals surface area contributed by atoms with Gasteiger partial charge in [-0.1, -0.05) is 6.07 Å². The predicted octanol–water partition coefficient (Wildman–Crippen LogP) is 2.17. The molecule has 25 heavy (non-hydrogen) atoms. The van der Waals surface area contributed by atoms with Crippen molar-refractivity contribution in [3.8, 4) is 6.01 Å². The van der Waals surface area contributed by atoms with Crippen LogP contribution in [-0.2, 0) is 6.42 Å². The van der Waals surface area contributed by atoms with E-state index < -0.39 is 18.7 Å². The fraction of sp³-hybridized carbons (Fsp3) is 0.333. The van der Waals surface area contributed by atoms with Gasteiger partial charge in [0.05, 0.1) is 6.61 Å². The number of ether oxygens (including phenoxy) is 1. The van der Waals surface area contributed by atoms with Crippen LogP contribution in [0.5, 0.6) is 6.01 Å². The summed E-state index contributed by atoms with van der Waals surface area (Å²) < 4.78 is 41.6. The minimum atomic E-state index is -4.42. The third-order valence-electron chi connectivity index (χ3n) is 2.85. The highest BCUT2D eigenvalue weighted by atomic mass is 19.4. The molecule has 0 saturated heterocycles. The van der Waals surface area contributed by atoms with Gasteiger partial charge in [0.1, 0.15) is 12.4 Å². The summed E-state index contributed by atoms with van der Waals surface area (Å²) in [7, 11) is 0. The van der Waals surface area contributed by atoms with Crippen molar-refractivity contribution in [2.45, 2.75) is 19.0 Å². The number of alkyl halides is 3. The summed E-state index contributed by atoms with van der Waals surface area (Å²) in [5.41, 5.74) is 6.33. The van der Waals surface area contributed by atoms with Gasteiger partial charge in [0.15, 0.2) is 5.96 Å². The number of hydrogen-bond donors (Lipinski definition) is 2. The van der Waals surface area contributed by atoms with Gasteiger partial charge in [-0.25, -0.2) is 9.98 Å². The third kappa shape index (κ3) is 7.46. The molecular weight excluding hydrogens is 337 g/mol. The lowest BCUT2D eigenvalue weighted by Crippen LogP contribution is -2.26. The Kier molecular flexibility index (Phi) is 6.49. The first kappa shape index (κ1) is 18.4. The van der Waals surface area contributed by atoms with Crippen LogP contribution in [0.15, 0.2) is 41.7 Å². The molecule has 0 aromatic carbocycles. The van der Waals surface area contributed by atoms with E-state index in [1.54, 1.807) is 6.20 Å². The first-order chi connectivity index (χ1) is 11.9. The maximum absolute atomic E-state index is 12.1. The van der Waals surface area contributed by atoms with E-state index in [4.69, 9.17) is 10.5 Å². The number of pyridine rings is 1. The molecule has 2 aromatic rings. The minimum Gasteiger partial charge on any atom is -0.463 e.